The second kappa shape index (κ2) is 3.53. The van der Waals surface area contributed by atoms with Crippen molar-refractivity contribution >= 4 is 0 Å². The molecule has 0 aliphatic heterocycles. The molecule has 1 rings (SSSR count). The lowest BCUT2D eigenvalue weighted by molar-refractivity contribution is -0.245. The van der Waals surface area contributed by atoms with E-state index in [1.54, 1.807) is 0 Å². The molecule has 0 amide bonds. The molecule has 1 fully saturated rings. The largest absolute Gasteiger partial charge is 0.188 e. The van der Waals surface area contributed by atoms with Gasteiger partial charge in [0, 0.05) is 0 Å². The molecule has 0 aromatic heterocycles. The van der Waals surface area contributed by atoms with Crippen molar-refractivity contribution < 1.29 is 9.47 Å². The van der Waals surface area contributed by atoms with Crippen molar-refractivity contribution in [2.75, 3.05) is 0 Å². The molecule has 11 heavy (non-hydrogen) atoms. The summed E-state index contributed by atoms with van der Waals surface area (Å²) in [6.07, 6.45) is 6.02. The van der Waals surface area contributed by atoms with Crippen molar-refractivity contribution in [1.82, 2.24) is 0 Å². The average molecular weight is 160 g/mol. The molecule has 0 atom stereocenters. The Morgan fingerprint density at radius 3 is 2.18 bits per heavy atom. The molecule has 0 unspecified atom stereocenters. The van der Waals surface area contributed by atoms with Gasteiger partial charge in [0.1, 0.15) is 5.60 Å². The lowest BCUT2D eigenvalue weighted by atomic mass is 9.79. The smallest absolute Gasteiger partial charge is 0.106 e. The van der Waals surface area contributed by atoms with Gasteiger partial charge in [-0.25, -0.2) is 0 Å². The van der Waals surface area contributed by atoms with Gasteiger partial charge in [0.05, 0.1) is 0 Å². The van der Waals surface area contributed by atoms with Crippen LogP contribution in [0, 0.1) is 5.92 Å². The second-order valence-electron chi connectivity index (χ2n) is 4.02. The van der Waals surface area contributed by atoms with Crippen molar-refractivity contribution in [3.05, 3.63) is 0 Å². The summed E-state index contributed by atoms with van der Waals surface area (Å²) in [7, 11) is 0. The minimum absolute atomic E-state index is 0.418. The SMILES string of the molecule is CC(C)(OF)C1CCCCC1. The van der Waals surface area contributed by atoms with Gasteiger partial charge < -0.3 is 0 Å². The first-order valence-corrected chi connectivity index (χ1v) is 4.46. The highest BCUT2D eigenvalue weighted by Crippen LogP contribution is 2.34. The summed E-state index contributed by atoms with van der Waals surface area (Å²) in [5.74, 6) is 0.418. The lowest BCUT2D eigenvalue weighted by Gasteiger charge is -2.32. The van der Waals surface area contributed by atoms with Crippen LogP contribution in [0.1, 0.15) is 46.0 Å². The van der Waals surface area contributed by atoms with E-state index in [-0.39, 0.29) is 0 Å². The lowest BCUT2D eigenvalue weighted by Crippen LogP contribution is -2.33. The first-order valence-electron chi connectivity index (χ1n) is 4.46. The molecule has 0 heterocycles. The van der Waals surface area contributed by atoms with Crippen LogP contribution in [0.2, 0.25) is 0 Å². The van der Waals surface area contributed by atoms with Gasteiger partial charge in [-0.15, -0.1) is 0 Å². The highest BCUT2D eigenvalue weighted by Gasteiger charge is 2.32. The summed E-state index contributed by atoms with van der Waals surface area (Å²) >= 11 is 0. The highest BCUT2D eigenvalue weighted by molar-refractivity contribution is 4.80. The Labute approximate surface area is 67.8 Å². The number of rotatable bonds is 2. The normalized spacial score (nSPS) is 22.1. The molecule has 0 spiro atoms. The molecule has 66 valence electrons. The first kappa shape index (κ1) is 8.98. The van der Waals surface area contributed by atoms with E-state index in [0.717, 1.165) is 12.8 Å². The standard InChI is InChI=1S/C9H17FO/c1-9(2,11-10)8-6-4-3-5-7-8/h8H,3-7H2,1-2H3. The molecule has 1 saturated carbocycles. The van der Waals surface area contributed by atoms with E-state index < -0.39 is 5.60 Å². The summed E-state index contributed by atoms with van der Waals surface area (Å²) in [6.45, 7) is 3.67. The van der Waals surface area contributed by atoms with Crippen molar-refractivity contribution in [1.29, 1.82) is 0 Å². The van der Waals surface area contributed by atoms with Gasteiger partial charge in [0.2, 0.25) is 0 Å². The maximum Gasteiger partial charge on any atom is 0.106 e. The Balaban J connectivity index is 2.43. The van der Waals surface area contributed by atoms with Crippen LogP contribution in [0.5, 0.6) is 0 Å². The van der Waals surface area contributed by atoms with Gasteiger partial charge in [-0.2, -0.15) is 4.94 Å². The van der Waals surface area contributed by atoms with Crippen LogP contribution in [0.25, 0.3) is 0 Å². The zero-order chi connectivity index (χ0) is 8.32. The van der Waals surface area contributed by atoms with Crippen molar-refractivity contribution in [3.63, 3.8) is 0 Å². The van der Waals surface area contributed by atoms with Gasteiger partial charge in [0.25, 0.3) is 0 Å². The summed E-state index contributed by atoms with van der Waals surface area (Å²) in [6, 6.07) is 0. The van der Waals surface area contributed by atoms with Gasteiger partial charge in [0.15, 0.2) is 0 Å². The predicted octanol–water partition coefficient (Wildman–Crippen LogP) is 3.25. The molecule has 0 radical (unpaired) electrons. The molecule has 2 heteroatoms. The van der Waals surface area contributed by atoms with Crippen molar-refractivity contribution in [3.8, 4) is 0 Å². The third kappa shape index (κ3) is 2.16. The second-order valence-corrected chi connectivity index (χ2v) is 4.02. The van der Waals surface area contributed by atoms with E-state index >= 15 is 0 Å². The molecule has 1 aliphatic rings. The number of halogens is 1. The Morgan fingerprint density at radius 1 is 1.18 bits per heavy atom. The van der Waals surface area contributed by atoms with Gasteiger partial charge in [-0.3, -0.25) is 0 Å². The average Bonchev–Trinajstić information content (AvgIpc) is 2.06. The third-order valence-electron chi connectivity index (χ3n) is 2.79. The molecule has 1 nitrogen and oxygen atoms in total. The Kier molecular flexibility index (Phi) is 2.88. The predicted molar refractivity (Wildman–Crippen MR) is 42.8 cm³/mol. The van der Waals surface area contributed by atoms with E-state index in [4.69, 9.17) is 0 Å². The molecule has 0 aromatic carbocycles. The molecule has 0 aromatic rings. The Morgan fingerprint density at radius 2 is 1.73 bits per heavy atom. The van der Waals surface area contributed by atoms with Crippen LogP contribution < -0.4 is 0 Å². The van der Waals surface area contributed by atoms with Gasteiger partial charge in [-0.1, -0.05) is 19.3 Å². The van der Waals surface area contributed by atoms with E-state index in [2.05, 4.69) is 4.94 Å². The Bertz CT molecular complexity index is 117. The minimum atomic E-state index is -0.555. The monoisotopic (exact) mass is 160 g/mol. The first-order chi connectivity index (χ1) is 5.17. The van der Waals surface area contributed by atoms with E-state index in [0.29, 0.717) is 5.92 Å². The molecule has 0 bridgehead atoms. The third-order valence-corrected chi connectivity index (χ3v) is 2.79. The summed E-state index contributed by atoms with van der Waals surface area (Å²) < 4.78 is 12.1. The van der Waals surface area contributed by atoms with Crippen LogP contribution >= 0.6 is 0 Å². The number of hydrogen-bond donors (Lipinski definition) is 0. The van der Waals surface area contributed by atoms with Crippen LogP contribution in [-0.2, 0) is 4.94 Å². The summed E-state index contributed by atoms with van der Waals surface area (Å²) in [4.78, 5) is 3.98. The Hall–Kier alpha value is -0.110. The topological polar surface area (TPSA) is 9.23 Å². The fraction of sp³-hybridized carbons (Fsp3) is 1.00. The van der Waals surface area contributed by atoms with Crippen LogP contribution in [0.4, 0.5) is 4.53 Å². The molecular formula is C9H17FO. The fourth-order valence-electron chi connectivity index (χ4n) is 1.86. The van der Waals surface area contributed by atoms with Crippen LogP contribution in [0.15, 0.2) is 0 Å². The molecule has 0 saturated heterocycles. The zero-order valence-corrected chi connectivity index (χ0v) is 7.40. The summed E-state index contributed by atoms with van der Waals surface area (Å²) in [5.41, 5.74) is -0.555. The van der Waals surface area contributed by atoms with Crippen LogP contribution in [0.3, 0.4) is 0 Å². The van der Waals surface area contributed by atoms with Crippen LogP contribution in [-0.4, -0.2) is 5.60 Å². The summed E-state index contributed by atoms with van der Waals surface area (Å²) in [5, 5.41) is 0. The molecule has 0 N–H and O–H groups in total. The van der Waals surface area contributed by atoms with Crippen molar-refractivity contribution in [2.24, 2.45) is 5.92 Å². The molecule has 1 aliphatic carbocycles. The minimum Gasteiger partial charge on any atom is -0.188 e. The maximum absolute atomic E-state index is 12.1. The van der Waals surface area contributed by atoms with Gasteiger partial charge in [-0.05, 0) is 37.1 Å². The number of hydrogen-bond acceptors (Lipinski definition) is 1. The highest BCUT2D eigenvalue weighted by atomic mass is 19.3. The van der Waals surface area contributed by atoms with Crippen molar-refractivity contribution in [2.45, 2.75) is 51.6 Å². The van der Waals surface area contributed by atoms with E-state index in [1.807, 2.05) is 13.8 Å². The quantitative estimate of drug-likeness (QED) is 0.602. The fourth-order valence-corrected chi connectivity index (χ4v) is 1.86. The zero-order valence-electron chi connectivity index (χ0n) is 7.40. The molecular weight excluding hydrogens is 143 g/mol. The van der Waals surface area contributed by atoms with E-state index in [9.17, 15) is 4.53 Å². The maximum atomic E-state index is 12.1. The van der Waals surface area contributed by atoms with Gasteiger partial charge >= 0.3 is 0 Å². The van der Waals surface area contributed by atoms with E-state index in [1.165, 1.54) is 19.3 Å².